The third kappa shape index (κ3) is 4.47. The van der Waals surface area contributed by atoms with Crippen molar-refractivity contribution in [2.24, 2.45) is 5.92 Å². The molecule has 0 N–H and O–H groups in total. The minimum absolute atomic E-state index is 0.297. The van der Waals surface area contributed by atoms with Crippen LogP contribution in [0.4, 0.5) is 0 Å². The van der Waals surface area contributed by atoms with Crippen LogP contribution in [0.3, 0.4) is 0 Å². The Bertz CT molecular complexity index is 728. The van der Waals surface area contributed by atoms with Gasteiger partial charge in [-0.25, -0.2) is 4.98 Å². The number of amides is 1. The van der Waals surface area contributed by atoms with Crippen molar-refractivity contribution < 1.29 is 4.79 Å². The standard InChI is InChI=1S/C20H26N4OS/c25-19(15-26-14-16-5-6-16)23-9-2-4-18(13-23)20-22-8-10-24(20)12-17-3-1-7-21-11-17/h1,3,7-8,10-11,16,18H,2,4-6,9,12-15H2. The molecule has 3 heterocycles. The fourth-order valence-corrected chi connectivity index (χ4v) is 4.75. The lowest BCUT2D eigenvalue weighted by Gasteiger charge is -2.32. The van der Waals surface area contributed by atoms with Gasteiger partial charge in [0, 0.05) is 43.8 Å². The fourth-order valence-electron chi connectivity index (χ4n) is 3.61. The van der Waals surface area contributed by atoms with E-state index in [1.54, 1.807) is 6.20 Å². The number of carbonyl (C=O) groups is 1. The highest BCUT2D eigenvalue weighted by atomic mass is 32.2. The summed E-state index contributed by atoms with van der Waals surface area (Å²) in [6.45, 7) is 2.47. The van der Waals surface area contributed by atoms with Crippen LogP contribution in [0.1, 0.15) is 43.0 Å². The Morgan fingerprint density at radius 3 is 3.00 bits per heavy atom. The molecule has 2 aliphatic rings. The summed E-state index contributed by atoms with van der Waals surface area (Å²) < 4.78 is 2.21. The maximum atomic E-state index is 12.6. The summed E-state index contributed by atoms with van der Waals surface area (Å²) in [5.41, 5.74) is 1.17. The van der Waals surface area contributed by atoms with Gasteiger partial charge in [-0.15, -0.1) is 0 Å². The molecule has 1 unspecified atom stereocenters. The number of hydrogen-bond acceptors (Lipinski definition) is 4. The van der Waals surface area contributed by atoms with Crippen LogP contribution in [0.25, 0.3) is 0 Å². The molecule has 1 saturated carbocycles. The van der Waals surface area contributed by atoms with Gasteiger partial charge in [-0.05, 0) is 49.0 Å². The Labute approximate surface area is 159 Å². The van der Waals surface area contributed by atoms with E-state index in [0.29, 0.717) is 17.6 Å². The first kappa shape index (κ1) is 17.6. The molecule has 2 aromatic rings. The van der Waals surface area contributed by atoms with Crippen LogP contribution in [0.5, 0.6) is 0 Å². The van der Waals surface area contributed by atoms with Crippen LogP contribution in [-0.2, 0) is 11.3 Å². The number of hydrogen-bond donors (Lipinski definition) is 0. The lowest BCUT2D eigenvalue weighted by atomic mass is 9.97. The molecule has 2 fully saturated rings. The smallest absolute Gasteiger partial charge is 0.232 e. The maximum Gasteiger partial charge on any atom is 0.232 e. The zero-order chi connectivity index (χ0) is 17.8. The first-order valence-corrected chi connectivity index (χ1v) is 10.7. The summed E-state index contributed by atoms with van der Waals surface area (Å²) in [7, 11) is 0. The third-order valence-corrected chi connectivity index (χ3v) is 6.40. The Hall–Kier alpha value is -1.82. The predicted octanol–water partition coefficient (Wildman–Crippen LogP) is 3.18. The van der Waals surface area contributed by atoms with E-state index in [1.165, 1.54) is 18.4 Å². The second-order valence-electron chi connectivity index (χ2n) is 7.41. The molecule has 26 heavy (non-hydrogen) atoms. The zero-order valence-electron chi connectivity index (χ0n) is 15.1. The van der Waals surface area contributed by atoms with E-state index in [1.807, 2.05) is 36.4 Å². The largest absolute Gasteiger partial charge is 0.341 e. The van der Waals surface area contributed by atoms with Gasteiger partial charge in [0.2, 0.25) is 5.91 Å². The molecule has 138 valence electrons. The Morgan fingerprint density at radius 1 is 1.27 bits per heavy atom. The van der Waals surface area contributed by atoms with Crippen molar-refractivity contribution in [1.82, 2.24) is 19.4 Å². The minimum Gasteiger partial charge on any atom is -0.341 e. The van der Waals surface area contributed by atoms with Gasteiger partial charge < -0.3 is 9.47 Å². The summed E-state index contributed by atoms with van der Waals surface area (Å²) >= 11 is 1.81. The van der Waals surface area contributed by atoms with E-state index < -0.39 is 0 Å². The van der Waals surface area contributed by atoms with Crippen molar-refractivity contribution in [2.75, 3.05) is 24.6 Å². The molecule has 1 aliphatic carbocycles. The zero-order valence-corrected chi connectivity index (χ0v) is 15.9. The monoisotopic (exact) mass is 370 g/mol. The SMILES string of the molecule is O=C(CSCC1CC1)N1CCCC(c2nccn2Cc2cccnc2)C1. The fraction of sp³-hybridized carbons (Fsp3) is 0.550. The molecule has 6 heteroatoms. The van der Waals surface area contributed by atoms with Gasteiger partial charge in [0.25, 0.3) is 0 Å². The Balaban J connectivity index is 1.36. The van der Waals surface area contributed by atoms with Crippen LogP contribution in [0.2, 0.25) is 0 Å². The number of carbonyl (C=O) groups excluding carboxylic acids is 1. The Kier molecular flexibility index (Phi) is 5.58. The number of pyridine rings is 1. The topological polar surface area (TPSA) is 51.0 Å². The highest BCUT2D eigenvalue weighted by Gasteiger charge is 2.28. The van der Waals surface area contributed by atoms with Crippen molar-refractivity contribution in [1.29, 1.82) is 0 Å². The third-order valence-electron chi connectivity index (χ3n) is 5.24. The van der Waals surface area contributed by atoms with Crippen molar-refractivity contribution in [3.63, 3.8) is 0 Å². The van der Waals surface area contributed by atoms with E-state index >= 15 is 0 Å². The van der Waals surface area contributed by atoms with E-state index in [-0.39, 0.29) is 0 Å². The molecule has 1 amide bonds. The van der Waals surface area contributed by atoms with Gasteiger partial charge in [-0.1, -0.05) is 6.07 Å². The predicted molar refractivity (Wildman–Crippen MR) is 104 cm³/mol. The second-order valence-corrected chi connectivity index (χ2v) is 8.44. The highest BCUT2D eigenvalue weighted by molar-refractivity contribution is 7.99. The average Bonchev–Trinajstić information content (AvgIpc) is 3.39. The second kappa shape index (κ2) is 8.25. The van der Waals surface area contributed by atoms with Crippen molar-refractivity contribution >= 4 is 17.7 Å². The summed E-state index contributed by atoms with van der Waals surface area (Å²) in [6.07, 6.45) is 12.5. The number of piperidine rings is 1. The molecule has 1 saturated heterocycles. The normalized spacial score (nSPS) is 20.3. The average molecular weight is 371 g/mol. The van der Waals surface area contributed by atoms with Gasteiger partial charge in [0.15, 0.2) is 0 Å². The summed E-state index contributed by atoms with van der Waals surface area (Å²) in [5.74, 6) is 4.38. The van der Waals surface area contributed by atoms with Gasteiger partial charge in [0.05, 0.1) is 12.3 Å². The molecule has 0 bridgehead atoms. The maximum absolute atomic E-state index is 12.6. The lowest BCUT2D eigenvalue weighted by molar-refractivity contribution is -0.129. The first-order valence-electron chi connectivity index (χ1n) is 9.55. The van der Waals surface area contributed by atoms with Gasteiger partial charge in [0.1, 0.15) is 5.82 Å². The van der Waals surface area contributed by atoms with E-state index in [2.05, 4.69) is 25.5 Å². The van der Waals surface area contributed by atoms with Crippen molar-refractivity contribution in [2.45, 2.75) is 38.1 Å². The quantitative estimate of drug-likeness (QED) is 0.751. The van der Waals surface area contributed by atoms with E-state index in [0.717, 1.165) is 50.0 Å². The van der Waals surface area contributed by atoms with Crippen molar-refractivity contribution in [3.05, 3.63) is 48.3 Å². The molecule has 2 aromatic heterocycles. The number of likely N-dealkylation sites (tertiary alicyclic amines) is 1. The summed E-state index contributed by atoms with van der Waals surface area (Å²) in [4.78, 5) is 23.4. The molecular weight excluding hydrogens is 344 g/mol. The number of nitrogens with zero attached hydrogens (tertiary/aromatic N) is 4. The minimum atomic E-state index is 0.297. The molecular formula is C20H26N4OS. The van der Waals surface area contributed by atoms with Gasteiger partial charge in [-0.3, -0.25) is 9.78 Å². The summed E-state index contributed by atoms with van der Waals surface area (Å²) in [6, 6.07) is 4.05. The molecule has 0 aromatic carbocycles. The van der Waals surface area contributed by atoms with Crippen molar-refractivity contribution in [3.8, 4) is 0 Å². The first-order chi connectivity index (χ1) is 12.8. The molecule has 1 aliphatic heterocycles. The van der Waals surface area contributed by atoms with Gasteiger partial charge >= 0.3 is 0 Å². The number of thioether (sulfide) groups is 1. The van der Waals surface area contributed by atoms with E-state index in [9.17, 15) is 4.79 Å². The lowest BCUT2D eigenvalue weighted by Crippen LogP contribution is -2.40. The molecule has 1 atom stereocenters. The Morgan fingerprint density at radius 2 is 2.19 bits per heavy atom. The van der Waals surface area contributed by atoms with E-state index in [4.69, 9.17) is 0 Å². The number of rotatable bonds is 7. The van der Waals surface area contributed by atoms with Crippen LogP contribution in [0, 0.1) is 5.92 Å². The molecule has 5 nitrogen and oxygen atoms in total. The molecule has 0 radical (unpaired) electrons. The number of aromatic nitrogens is 3. The van der Waals surface area contributed by atoms with Crippen LogP contribution in [0.15, 0.2) is 36.9 Å². The number of imidazole rings is 1. The molecule has 4 rings (SSSR count). The summed E-state index contributed by atoms with van der Waals surface area (Å²) in [5, 5.41) is 0. The van der Waals surface area contributed by atoms with Crippen LogP contribution >= 0.6 is 11.8 Å². The molecule has 0 spiro atoms. The highest BCUT2D eigenvalue weighted by Crippen LogP contribution is 2.32. The van der Waals surface area contributed by atoms with Crippen LogP contribution in [-0.4, -0.2) is 49.9 Å². The van der Waals surface area contributed by atoms with Crippen LogP contribution < -0.4 is 0 Å². The van der Waals surface area contributed by atoms with Gasteiger partial charge in [-0.2, -0.15) is 11.8 Å².